The summed E-state index contributed by atoms with van der Waals surface area (Å²) in [5, 5.41) is 21.4. The lowest BCUT2D eigenvalue weighted by Gasteiger charge is -2.44. The summed E-state index contributed by atoms with van der Waals surface area (Å²) in [4.78, 5) is 0. The average molecular weight is 402 g/mol. The lowest BCUT2D eigenvalue weighted by molar-refractivity contribution is 0.140. The van der Waals surface area contributed by atoms with Crippen LogP contribution >= 0.6 is 0 Å². The monoisotopic (exact) mass is 402 g/mol. The molecular formula is C17H35BN4O4S. The van der Waals surface area contributed by atoms with Crippen LogP contribution in [-0.2, 0) is 10.2 Å². The van der Waals surface area contributed by atoms with Gasteiger partial charge in [-0.25, -0.2) is 0 Å². The second kappa shape index (κ2) is 8.65. The minimum absolute atomic E-state index is 0.0299. The van der Waals surface area contributed by atoms with Crippen molar-refractivity contribution in [3.05, 3.63) is 0 Å². The Morgan fingerprint density at radius 2 is 1.85 bits per heavy atom. The van der Waals surface area contributed by atoms with Gasteiger partial charge in [0.05, 0.1) is 0 Å². The second-order valence-electron chi connectivity index (χ2n) is 8.81. The van der Waals surface area contributed by atoms with Crippen LogP contribution in [0.25, 0.3) is 0 Å². The summed E-state index contributed by atoms with van der Waals surface area (Å²) in [5.74, 6) is 0.0299. The van der Waals surface area contributed by atoms with Gasteiger partial charge in [0.2, 0.25) is 0 Å². The number of nitrogens with one attached hydrogen (secondary N) is 1. The maximum atomic E-state index is 13.6. The molecular weight excluding hydrogens is 367 g/mol. The largest absolute Gasteiger partial charge is 0.451 e. The number of hydrogen-bond acceptors (Lipinski definition) is 6. The van der Waals surface area contributed by atoms with Crippen molar-refractivity contribution in [2.24, 2.45) is 11.7 Å². The molecule has 8 nitrogen and oxygen atoms in total. The molecule has 1 saturated carbocycles. The minimum atomic E-state index is -3.55. The third-order valence-corrected chi connectivity index (χ3v) is 8.64. The fourth-order valence-electron chi connectivity index (χ4n) is 4.68. The molecule has 3 fully saturated rings. The first kappa shape index (κ1) is 21.5. The van der Waals surface area contributed by atoms with E-state index in [0.29, 0.717) is 32.3 Å². The van der Waals surface area contributed by atoms with Gasteiger partial charge in [-0.05, 0) is 64.4 Å². The lowest BCUT2D eigenvalue weighted by Crippen LogP contribution is -2.57. The molecule has 27 heavy (non-hydrogen) atoms. The molecule has 0 aromatic carbocycles. The number of hydrogen-bond donors (Lipinski definition) is 4. The Hall–Kier alpha value is -0.225. The van der Waals surface area contributed by atoms with Gasteiger partial charge < -0.3 is 21.1 Å². The van der Waals surface area contributed by atoms with Crippen molar-refractivity contribution in [2.45, 2.75) is 75.8 Å². The molecule has 3 rings (SSSR count). The normalized spacial score (nSPS) is 31.4. The van der Waals surface area contributed by atoms with E-state index in [2.05, 4.69) is 5.32 Å². The Bertz CT molecular complexity index is 594. The smallest absolute Gasteiger partial charge is 0.427 e. The highest BCUT2D eigenvalue weighted by Crippen LogP contribution is 2.37. The number of piperidine rings is 1. The average Bonchev–Trinajstić information content (AvgIpc) is 2.87. The van der Waals surface area contributed by atoms with Crippen LogP contribution in [-0.4, -0.2) is 78.0 Å². The SMILES string of the molecule is C[C@]1(N)CN(S(=O)(=O)N(C2CCC2)C2CCNCC2)C[C@@H]1CCCB(O)O. The van der Waals surface area contributed by atoms with E-state index in [1.807, 2.05) is 11.2 Å². The van der Waals surface area contributed by atoms with E-state index in [9.17, 15) is 8.42 Å². The molecule has 156 valence electrons. The number of nitrogens with two attached hydrogens (primary N) is 1. The van der Waals surface area contributed by atoms with Crippen LogP contribution in [0.4, 0.5) is 0 Å². The molecule has 0 radical (unpaired) electrons. The van der Waals surface area contributed by atoms with Crippen molar-refractivity contribution in [1.29, 1.82) is 0 Å². The number of nitrogens with zero attached hydrogens (tertiary/aromatic N) is 2. The molecule has 2 atom stereocenters. The van der Waals surface area contributed by atoms with Crippen LogP contribution in [0.15, 0.2) is 0 Å². The summed E-state index contributed by atoms with van der Waals surface area (Å²) in [6.07, 6.45) is 6.36. The van der Waals surface area contributed by atoms with E-state index in [1.54, 1.807) is 4.31 Å². The third kappa shape index (κ3) is 4.86. The molecule has 3 aliphatic rings. The molecule has 0 aromatic heterocycles. The first-order valence-electron chi connectivity index (χ1n) is 10.4. The summed E-state index contributed by atoms with van der Waals surface area (Å²) in [6, 6.07) is 0.208. The molecule has 0 aromatic rings. The summed E-state index contributed by atoms with van der Waals surface area (Å²) in [5.41, 5.74) is 5.88. The van der Waals surface area contributed by atoms with Gasteiger partial charge in [0.1, 0.15) is 0 Å². The van der Waals surface area contributed by atoms with Gasteiger partial charge in [0.15, 0.2) is 0 Å². The van der Waals surface area contributed by atoms with Crippen LogP contribution in [0.3, 0.4) is 0 Å². The Balaban J connectivity index is 1.72. The van der Waals surface area contributed by atoms with Crippen LogP contribution in [0.1, 0.15) is 51.9 Å². The van der Waals surface area contributed by atoms with Gasteiger partial charge in [-0.3, -0.25) is 0 Å². The van der Waals surface area contributed by atoms with Crippen molar-refractivity contribution in [3.63, 3.8) is 0 Å². The Kier molecular flexibility index (Phi) is 6.88. The van der Waals surface area contributed by atoms with Crippen LogP contribution in [0.5, 0.6) is 0 Å². The molecule has 2 heterocycles. The zero-order chi connectivity index (χ0) is 19.7. The van der Waals surface area contributed by atoms with E-state index in [-0.39, 0.29) is 18.0 Å². The Labute approximate surface area is 163 Å². The highest BCUT2D eigenvalue weighted by Gasteiger charge is 2.49. The summed E-state index contributed by atoms with van der Waals surface area (Å²) >= 11 is 0. The number of rotatable bonds is 8. The second-order valence-corrected chi connectivity index (χ2v) is 10.6. The predicted octanol–water partition coefficient (Wildman–Crippen LogP) is -0.260. The molecule has 0 spiro atoms. The molecule has 2 saturated heterocycles. The molecule has 2 aliphatic heterocycles. The van der Waals surface area contributed by atoms with Crippen LogP contribution in [0.2, 0.25) is 6.32 Å². The highest BCUT2D eigenvalue weighted by atomic mass is 32.2. The Morgan fingerprint density at radius 1 is 1.22 bits per heavy atom. The quantitative estimate of drug-likeness (QED) is 0.416. The van der Waals surface area contributed by atoms with E-state index < -0.39 is 22.9 Å². The molecule has 1 aliphatic carbocycles. The summed E-state index contributed by atoms with van der Waals surface area (Å²) in [6.45, 7) is 4.40. The van der Waals surface area contributed by atoms with Crippen molar-refractivity contribution >= 4 is 17.3 Å². The van der Waals surface area contributed by atoms with Gasteiger partial charge >= 0.3 is 7.12 Å². The van der Waals surface area contributed by atoms with Gasteiger partial charge in [0, 0.05) is 30.7 Å². The van der Waals surface area contributed by atoms with Gasteiger partial charge in [0.25, 0.3) is 10.2 Å². The van der Waals surface area contributed by atoms with Crippen molar-refractivity contribution in [2.75, 3.05) is 26.2 Å². The van der Waals surface area contributed by atoms with E-state index in [4.69, 9.17) is 15.8 Å². The van der Waals surface area contributed by atoms with Crippen LogP contribution < -0.4 is 11.1 Å². The van der Waals surface area contributed by atoms with Crippen molar-refractivity contribution < 1.29 is 18.5 Å². The van der Waals surface area contributed by atoms with E-state index in [1.165, 1.54) is 0 Å². The minimum Gasteiger partial charge on any atom is -0.427 e. The summed E-state index contributed by atoms with van der Waals surface area (Å²) < 4.78 is 30.6. The first-order chi connectivity index (χ1) is 12.7. The van der Waals surface area contributed by atoms with Crippen molar-refractivity contribution in [3.8, 4) is 0 Å². The lowest BCUT2D eigenvalue weighted by atomic mass is 9.79. The van der Waals surface area contributed by atoms with E-state index in [0.717, 1.165) is 45.2 Å². The molecule has 10 heteroatoms. The van der Waals surface area contributed by atoms with Crippen molar-refractivity contribution in [1.82, 2.24) is 13.9 Å². The zero-order valence-electron chi connectivity index (χ0n) is 16.4. The standard InChI is InChI=1S/C17H35BN4O4S/c1-17(19)13-21(12-14(17)4-3-9-18(23)24)27(25,26)22(15-5-2-6-15)16-7-10-20-11-8-16/h14-16,20,23-24H,2-13,19H2,1H3/t14-,17-/m0/s1. The van der Waals surface area contributed by atoms with Gasteiger partial charge in [-0.2, -0.15) is 17.0 Å². The first-order valence-corrected chi connectivity index (χ1v) is 11.8. The molecule has 0 unspecified atom stereocenters. The third-order valence-electron chi connectivity index (χ3n) is 6.58. The van der Waals surface area contributed by atoms with E-state index >= 15 is 0 Å². The maximum absolute atomic E-state index is 13.6. The Morgan fingerprint density at radius 3 is 2.41 bits per heavy atom. The molecule has 0 bridgehead atoms. The van der Waals surface area contributed by atoms with Gasteiger partial charge in [-0.15, -0.1) is 0 Å². The fraction of sp³-hybridized carbons (Fsp3) is 1.00. The topological polar surface area (TPSA) is 119 Å². The molecule has 0 amide bonds. The summed E-state index contributed by atoms with van der Waals surface area (Å²) in [7, 11) is -4.86. The zero-order valence-corrected chi connectivity index (χ0v) is 17.2. The highest BCUT2D eigenvalue weighted by molar-refractivity contribution is 7.86. The maximum Gasteiger partial charge on any atom is 0.451 e. The fourth-order valence-corrected chi connectivity index (χ4v) is 6.93. The van der Waals surface area contributed by atoms with Gasteiger partial charge in [-0.1, -0.05) is 12.8 Å². The molecule has 5 N–H and O–H groups in total. The predicted molar refractivity (Wildman–Crippen MR) is 106 cm³/mol. The van der Waals surface area contributed by atoms with Crippen LogP contribution in [0, 0.1) is 5.92 Å².